The van der Waals surface area contributed by atoms with Gasteiger partial charge in [0.2, 0.25) is 4.84 Å². The third kappa shape index (κ3) is 5.49. The van der Waals surface area contributed by atoms with E-state index in [1.54, 1.807) is 17.5 Å². The van der Waals surface area contributed by atoms with Crippen molar-refractivity contribution < 1.29 is 38.7 Å². The van der Waals surface area contributed by atoms with Crippen molar-refractivity contribution in [2.24, 2.45) is 5.16 Å². The molecule has 3 heterocycles. The van der Waals surface area contributed by atoms with Crippen molar-refractivity contribution >= 4 is 81.7 Å². The number of β-lactam (4-membered cyclic amide) rings is 1. The molecule has 1 fully saturated rings. The monoisotopic (exact) mass is 535 g/mol. The zero-order valence-corrected chi connectivity index (χ0v) is 19.8. The lowest BCUT2D eigenvalue weighted by Crippen LogP contribution is -2.71. The van der Waals surface area contributed by atoms with Gasteiger partial charge in [-0.15, -0.1) is 23.1 Å². The predicted molar refractivity (Wildman–Crippen MR) is 119 cm³/mol. The fourth-order valence-corrected chi connectivity index (χ4v) is 5.04. The van der Waals surface area contributed by atoms with Gasteiger partial charge < -0.3 is 20.0 Å². The number of esters is 1. The SMILES string of the molecule is CC(=O)OCC1=C(C(=O)O)N2C(=O)[C@@H](NC(=O)/C(=N/OC(=O)C(Cl)Cl)c3cccs3)[C@H]2SC1. The first-order chi connectivity index (χ1) is 15.6. The summed E-state index contributed by atoms with van der Waals surface area (Å²) in [6.45, 7) is 0.921. The molecule has 0 radical (unpaired) electrons. The van der Waals surface area contributed by atoms with Crippen LogP contribution in [0.1, 0.15) is 11.8 Å². The molecular weight excluding hydrogens is 521 g/mol. The number of hydrogen-bond acceptors (Lipinski definition) is 10. The number of thioether (sulfide) groups is 1. The van der Waals surface area contributed by atoms with Gasteiger partial charge in [-0.25, -0.2) is 9.59 Å². The normalized spacial score (nSPS) is 20.2. The van der Waals surface area contributed by atoms with Gasteiger partial charge in [-0.3, -0.25) is 19.3 Å². The lowest BCUT2D eigenvalue weighted by Gasteiger charge is -2.49. The number of ether oxygens (including phenoxy) is 1. The van der Waals surface area contributed by atoms with E-state index in [0.717, 1.165) is 16.2 Å². The highest BCUT2D eigenvalue weighted by Crippen LogP contribution is 2.40. The Labute approximate surface area is 204 Å². The zero-order chi connectivity index (χ0) is 24.3. The van der Waals surface area contributed by atoms with Crippen molar-refractivity contribution in [1.82, 2.24) is 10.2 Å². The molecule has 1 aromatic heterocycles. The van der Waals surface area contributed by atoms with E-state index in [4.69, 9.17) is 27.9 Å². The Kier molecular flexibility index (Phi) is 8.00. The van der Waals surface area contributed by atoms with E-state index >= 15 is 0 Å². The average Bonchev–Trinajstić information content (AvgIpc) is 3.29. The number of carbonyl (C=O) groups is 5. The summed E-state index contributed by atoms with van der Waals surface area (Å²) in [5, 5.41) is 16.6. The highest BCUT2D eigenvalue weighted by Gasteiger charge is 2.54. The number of carbonyl (C=O) groups excluding carboxylic acids is 4. The van der Waals surface area contributed by atoms with Crippen molar-refractivity contribution in [2.45, 2.75) is 23.2 Å². The maximum Gasteiger partial charge on any atom is 0.367 e. The smallest absolute Gasteiger partial charge is 0.367 e. The zero-order valence-electron chi connectivity index (χ0n) is 16.7. The molecule has 176 valence electrons. The van der Waals surface area contributed by atoms with Gasteiger partial charge in [0.25, 0.3) is 11.8 Å². The number of thiophene rings is 1. The molecule has 0 spiro atoms. The summed E-state index contributed by atoms with van der Waals surface area (Å²) in [6.07, 6.45) is 0. The maximum absolute atomic E-state index is 12.8. The van der Waals surface area contributed by atoms with Crippen LogP contribution in [0, 0.1) is 0 Å². The number of nitrogens with zero attached hydrogens (tertiary/aromatic N) is 2. The molecule has 0 aromatic carbocycles. The Morgan fingerprint density at radius 3 is 2.67 bits per heavy atom. The molecule has 3 rings (SSSR count). The number of alkyl halides is 2. The second-order valence-corrected chi connectivity index (χ2v) is 9.68. The van der Waals surface area contributed by atoms with Gasteiger partial charge in [0.15, 0.2) is 5.71 Å². The van der Waals surface area contributed by atoms with Crippen LogP contribution in [0.25, 0.3) is 0 Å². The van der Waals surface area contributed by atoms with Gasteiger partial charge in [0, 0.05) is 18.2 Å². The summed E-state index contributed by atoms with van der Waals surface area (Å²) in [7, 11) is 0. The largest absolute Gasteiger partial charge is 0.477 e. The van der Waals surface area contributed by atoms with Gasteiger partial charge >= 0.3 is 17.9 Å². The van der Waals surface area contributed by atoms with E-state index in [1.807, 2.05) is 0 Å². The molecule has 2 N–H and O–H groups in total. The summed E-state index contributed by atoms with van der Waals surface area (Å²) >= 11 is 13.1. The van der Waals surface area contributed by atoms with Crippen LogP contribution in [0.4, 0.5) is 0 Å². The molecule has 0 unspecified atom stereocenters. The van der Waals surface area contributed by atoms with E-state index < -0.39 is 46.0 Å². The lowest BCUT2D eigenvalue weighted by molar-refractivity contribution is -0.150. The number of halogens is 2. The first-order valence-corrected chi connectivity index (χ1v) is 11.9. The number of amides is 2. The minimum absolute atomic E-state index is 0.173. The van der Waals surface area contributed by atoms with Crippen molar-refractivity contribution in [2.75, 3.05) is 12.4 Å². The lowest BCUT2D eigenvalue weighted by atomic mass is 10.0. The minimum atomic E-state index is -1.51. The fraction of sp³-hybridized carbons (Fsp3) is 0.333. The van der Waals surface area contributed by atoms with Crippen LogP contribution in [-0.2, 0) is 33.5 Å². The van der Waals surface area contributed by atoms with Crippen molar-refractivity contribution in [1.29, 1.82) is 0 Å². The number of rotatable bonds is 8. The molecule has 2 aliphatic heterocycles. The molecule has 2 atom stereocenters. The quantitative estimate of drug-likeness (QED) is 0.124. The van der Waals surface area contributed by atoms with E-state index in [1.165, 1.54) is 18.7 Å². The molecule has 11 nitrogen and oxygen atoms in total. The van der Waals surface area contributed by atoms with Gasteiger partial charge in [-0.1, -0.05) is 34.4 Å². The number of aliphatic carboxylic acids is 1. The van der Waals surface area contributed by atoms with E-state index in [0.29, 0.717) is 4.88 Å². The Morgan fingerprint density at radius 1 is 1.36 bits per heavy atom. The van der Waals surface area contributed by atoms with Crippen molar-refractivity contribution in [3.05, 3.63) is 33.7 Å². The molecular formula is C18H15Cl2N3O8S2. The van der Waals surface area contributed by atoms with Crippen LogP contribution < -0.4 is 5.32 Å². The van der Waals surface area contributed by atoms with Crippen LogP contribution in [0.5, 0.6) is 0 Å². The first-order valence-electron chi connectivity index (χ1n) is 9.07. The summed E-state index contributed by atoms with van der Waals surface area (Å²) < 4.78 is 4.88. The van der Waals surface area contributed by atoms with Gasteiger partial charge in [-0.2, -0.15) is 0 Å². The number of carboxylic acids is 1. The number of fused-ring (bicyclic) bond motifs is 1. The molecule has 33 heavy (non-hydrogen) atoms. The van der Waals surface area contributed by atoms with Crippen molar-refractivity contribution in [3.8, 4) is 0 Å². The van der Waals surface area contributed by atoms with E-state index in [-0.39, 0.29) is 29.3 Å². The number of oxime groups is 1. The van der Waals surface area contributed by atoms with Crippen LogP contribution in [0.15, 0.2) is 33.9 Å². The highest BCUT2D eigenvalue weighted by molar-refractivity contribution is 8.00. The Morgan fingerprint density at radius 2 is 2.09 bits per heavy atom. The first kappa shape index (κ1) is 25.0. The molecule has 0 aliphatic carbocycles. The molecule has 1 saturated heterocycles. The van der Waals surface area contributed by atoms with Crippen LogP contribution in [0.2, 0.25) is 0 Å². The van der Waals surface area contributed by atoms with Gasteiger partial charge in [0.1, 0.15) is 23.7 Å². The number of nitrogens with one attached hydrogen (secondary N) is 1. The minimum Gasteiger partial charge on any atom is -0.477 e. The second-order valence-electron chi connectivity index (χ2n) is 6.53. The molecule has 0 saturated carbocycles. The average molecular weight is 536 g/mol. The molecule has 1 aromatic rings. The third-order valence-corrected chi connectivity index (χ3v) is 6.93. The van der Waals surface area contributed by atoms with Crippen LogP contribution >= 0.6 is 46.3 Å². The molecule has 15 heteroatoms. The maximum atomic E-state index is 12.8. The van der Waals surface area contributed by atoms with Crippen LogP contribution in [0.3, 0.4) is 0 Å². The molecule has 2 amide bonds. The fourth-order valence-electron chi connectivity index (χ4n) is 2.93. The Hall–Kier alpha value is -2.61. The second kappa shape index (κ2) is 10.5. The number of hydrogen-bond donors (Lipinski definition) is 2. The highest BCUT2D eigenvalue weighted by atomic mass is 35.5. The van der Waals surface area contributed by atoms with Crippen molar-refractivity contribution in [3.63, 3.8) is 0 Å². The Bertz CT molecular complexity index is 1060. The molecule has 2 aliphatic rings. The Balaban J connectivity index is 1.78. The van der Waals surface area contributed by atoms with E-state index in [9.17, 15) is 29.1 Å². The third-order valence-electron chi connectivity index (χ3n) is 4.36. The topological polar surface area (TPSA) is 152 Å². The standard InChI is InChI=1S/C18H15Cl2N3O8S2/c1-7(24)30-5-8-6-33-16-11(15(26)23(16)12(8)17(27)28)21-14(25)10(9-3-2-4-32-9)22-31-18(29)13(19)20/h2-4,11,13,16H,5-6H2,1H3,(H,21,25)(H,27,28)/b22-10+/t11-,16-/m1/s1. The summed E-state index contributed by atoms with van der Waals surface area (Å²) in [4.78, 5) is 64.4. The summed E-state index contributed by atoms with van der Waals surface area (Å²) in [5.41, 5.74) is -0.308. The summed E-state index contributed by atoms with van der Waals surface area (Å²) in [6, 6.07) is 2.13. The summed E-state index contributed by atoms with van der Waals surface area (Å²) in [5.74, 6) is -4.35. The predicted octanol–water partition coefficient (Wildman–Crippen LogP) is 1.10. The van der Waals surface area contributed by atoms with E-state index in [2.05, 4.69) is 15.3 Å². The van der Waals surface area contributed by atoms with Crippen LogP contribution in [-0.4, -0.2) is 74.1 Å². The molecule has 0 bridgehead atoms. The van der Waals surface area contributed by atoms with Gasteiger partial charge in [-0.05, 0) is 11.4 Å². The number of carboxylic acid groups (broad SMARTS) is 1. The van der Waals surface area contributed by atoms with Gasteiger partial charge in [0.05, 0.1) is 4.88 Å².